The van der Waals surface area contributed by atoms with Crippen LogP contribution in [0.5, 0.6) is 0 Å². The lowest BCUT2D eigenvalue weighted by molar-refractivity contribution is 0.0951. The molecule has 0 aliphatic heterocycles. The second-order valence-electron chi connectivity index (χ2n) is 4.07. The number of rotatable bonds is 3. The fraction of sp³-hybridized carbons (Fsp3) is 0.133. The molecular weight excluding hydrogens is 329 g/mol. The average molecular weight is 340 g/mol. The molecule has 6 heteroatoms. The van der Waals surface area contributed by atoms with Crippen molar-refractivity contribution in [3.63, 3.8) is 0 Å². The summed E-state index contributed by atoms with van der Waals surface area (Å²) in [5.74, 6) is 5.11. The van der Waals surface area contributed by atoms with E-state index in [1.54, 1.807) is 12.1 Å². The molecule has 21 heavy (non-hydrogen) atoms. The molecule has 2 rings (SSSR count). The molecule has 0 bridgehead atoms. The van der Waals surface area contributed by atoms with Crippen LogP contribution in [0.4, 0.5) is 0 Å². The summed E-state index contributed by atoms with van der Waals surface area (Å²) in [5.41, 5.74) is 1.17. The number of aliphatic hydroxyl groups is 1. The lowest BCUT2D eigenvalue weighted by Crippen LogP contribution is -2.22. The first kappa shape index (κ1) is 15.9. The third-order valence-electron chi connectivity index (χ3n) is 2.56. The Kier molecular flexibility index (Phi) is 5.66. The zero-order valence-electron chi connectivity index (χ0n) is 10.8. The highest BCUT2D eigenvalue weighted by atomic mass is 35.5. The summed E-state index contributed by atoms with van der Waals surface area (Å²) in [6.45, 7) is 0.211. The van der Waals surface area contributed by atoms with Crippen molar-refractivity contribution in [2.45, 2.75) is 6.54 Å². The minimum Gasteiger partial charge on any atom is -0.384 e. The molecule has 1 heterocycles. The average Bonchev–Trinajstić information content (AvgIpc) is 2.93. The predicted molar refractivity (Wildman–Crippen MR) is 85.9 cm³/mol. The van der Waals surface area contributed by atoms with Crippen molar-refractivity contribution in [2.24, 2.45) is 0 Å². The van der Waals surface area contributed by atoms with Crippen LogP contribution >= 0.6 is 34.5 Å². The summed E-state index contributed by atoms with van der Waals surface area (Å²) in [5, 5.41) is 14.1. The molecule has 0 spiro atoms. The maximum atomic E-state index is 12.1. The van der Waals surface area contributed by atoms with E-state index in [1.165, 1.54) is 17.4 Å². The molecule has 1 aromatic heterocycles. The van der Waals surface area contributed by atoms with Crippen LogP contribution in [-0.2, 0) is 6.54 Å². The maximum Gasteiger partial charge on any atom is 0.253 e. The predicted octanol–water partition coefficient (Wildman–Crippen LogP) is 3.33. The zero-order chi connectivity index (χ0) is 15.2. The van der Waals surface area contributed by atoms with Gasteiger partial charge in [-0.1, -0.05) is 35.0 Å². The molecule has 0 unspecified atom stereocenters. The van der Waals surface area contributed by atoms with E-state index in [0.717, 1.165) is 10.4 Å². The van der Waals surface area contributed by atoms with E-state index in [1.807, 2.05) is 11.4 Å². The Morgan fingerprint density at radius 2 is 2.14 bits per heavy atom. The monoisotopic (exact) mass is 339 g/mol. The standard InChI is InChI=1S/C15H11Cl2NO2S/c16-11-3-4-14(17)13(7-11)15(20)18-8-12-6-10(9-21-12)2-1-5-19/h3-4,6-7,9,19H,5,8H2,(H,18,20). The van der Waals surface area contributed by atoms with Crippen LogP contribution in [0.15, 0.2) is 29.6 Å². The largest absolute Gasteiger partial charge is 0.384 e. The molecule has 1 amide bonds. The first-order chi connectivity index (χ1) is 10.1. The van der Waals surface area contributed by atoms with Gasteiger partial charge in [0.05, 0.1) is 17.1 Å². The number of hydrogen-bond acceptors (Lipinski definition) is 3. The maximum absolute atomic E-state index is 12.1. The highest BCUT2D eigenvalue weighted by molar-refractivity contribution is 7.10. The number of nitrogens with one attached hydrogen (secondary N) is 1. The van der Waals surface area contributed by atoms with Gasteiger partial charge in [-0.25, -0.2) is 0 Å². The van der Waals surface area contributed by atoms with Gasteiger partial charge in [0.1, 0.15) is 6.61 Å². The molecule has 1 aromatic carbocycles. The Morgan fingerprint density at radius 3 is 2.90 bits per heavy atom. The van der Waals surface area contributed by atoms with Crippen molar-refractivity contribution >= 4 is 40.4 Å². The zero-order valence-corrected chi connectivity index (χ0v) is 13.1. The summed E-state index contributed by atoms with van der Waals surface area (Å²) in [4.78, 5) is 13.0. The van der Waals surface area contributed by atoms with E-state index < -0.39 is 0 Å². The van der Waals surface area contributed by atoms with Crippen molar-refractivity contribution in [3.8, 4) is 11.8 Å². The molecule has 0 aliphatic carbocycles. The van der Waals surface area contributed by atoms with Crippen LogP contribution in [0.2, 0.25) is 10.0 Å². The number of amides is 1. The van der Waals surface area contributed by atoms with Crippen LogP contribution in [0.1, 0.15) is 20.8 Å². The highest BCUT2D eigenvalue weighted by Gasteiger charge is 2.11. The van der Waals surface area contributed by atoms with E-state index in [-0.39, 0.29) is 12.5 Å². The Balaban J connectivity index is 2.01. The first-order valence-corrected chi connectivity index (χ1v) is 7.64. The van der Waals surface area contributed by atoms with E-state index in [4.69, 9.17) is 28.3 Å². The van der Waals surface area contributed by atoms with Crippen molar-refractivity contribution in [1.82, 2.24) is 5.32 Å². The summed E-state index contributed by atoms with van der Waals surface area (Å²) >= 11 is 13.3. The first-order valence-electron chi connectivity index (χ1n) is 6.00. The number of halogens is 2. The molecule has 2 aromatic rings. The molecule has 0 saturated carbocycles. The molecular formula is C15H11Cl2NO2S. The van der Waals surface area contributed by atoms with E-state index >= 15 is 0 Å². The highest BCUT2D eigenvalue weighted by Crippen LogP contribution is 2.21. The topological polar surface area (TPSA) is 49.3 Å². The van der Waals surface area contributed by atoms with Crippen molar-refractivity contribution in [2.75, 3.05) is 6.61 Å². The molecule has 0 aliphatic rings. The summed E-state index contributed by atoms with van der Waals surface area (Å²) < 4.78 is 0. The molecule has 3 nitrogen and oxygen atoms in total. The van der Waals surface area contributed by atoms with Crippen molar-refractivity contribution in [3.05, 3.63) is 55.7 Å². The van der Waals surface area contributed by atoms with Gasteiger partial charge in [-0.3, -0.25) is 4.79 Å². The smallest absolute Gasteiger partial charge is 0.253 e. The van der Waals surface area contributed by atoms with Gasteiger partial charge in [0.25, 0.3) is 5.91 Å². The SMILES string of the molecule is O=C(NCc1cc(C#CCO)cs1)c1cc(Cl)ccc1Cl. The molecule has 108 valence electrons. The van der Waals surface area contributed by atoms with Gasteiger partial charge >= 0.3 is 0 Å². The fourth-order valence-electron chi connectivity index (χ4n) is 1.61. The number of benzene rings is 1. The van der Waals surface area contributed by atoms with Gasteiger partial charge in [0.2, 0.25) is 0 Å². The summed E-state index contributed by atoms with van der Waals surface area (Å²) in [6.07, 6.45) is 0. The van der Waals surface area contributed by atoms with Gasteiger partial charge in [0.15, 0.2) is 0 Å². The van der Waals surface area contributed by atoms with Gasteiger partial charge in [-0.2, -0.15) is 0 Å². The van der Waals surface area contributed by atoms with E-state index in [0.29, 0.717) is 22.2 Å². The Labute approximate surface area is 136 Å². The van der Waals surface area contributed by atoms with Crippen molar-refractivity contribution < 1.29 is 9.90 Å². The molecule has 0 fully saturated rings. The number of aliphatic hydroxyl groups excluding tert-OH is 1. The molecule has 0 saturated heterocycles. The minimum atomic E-state index is -0.279. The van der Waals surface area contributed by atoms with E-state index in [2.05, 4.69) is 17.2 Å². The Hall–Kier alpha value is -1.51. The minimum absolute atomic E-state index is 0.171. The lowest BCUT2D eigenvalue weighted by atomic mass is 10.2. The van der Waals surface area contributed by atoms with Gasteiger partial charge in [-0.15, -0.1) is 11.3 Å². The van der Waals surface area contributed by atoms with Crippen LogP contribution in [0.25, 0.3) is 0 Å². The molecule has 0 radical (unpaired) electrons. The Bertz CT molecular complexity index is 716. The molecule has 0 atom stereocenters. The third kappa shape index (κ3) is 4.48. The Morgan fingerprint density at radius 1 is 1.33 bits per heavy atom. The van der Waals surface area contributed by atoms with Crippen LogP contribution in [-0.4, -0.2) is 17.6 Å². The number of carbonyl (C=O) groups is 1. The summed E-state index contributed by atoms with van der Waals surface area (Å²) in [6, 6.07) is 6.62. The number of carbonyl (C=O) groups excluding carboxylic acids is 1. The fourth-order valence-corrected chi connectivity index (χ4v) is 2.75. The van der Waals surface area contributed by atoms with Gasteiger partial charge in [-0.05, 0) is 24.3 Å². The van der Waals surface area contributed by atoms with Crippen LogP contribution in [0, 0.1) is 11.8 Å². The number of hydrogen-bond donors (Lipinski definition) is 2. The lowest BCUT2D eigenvalue weighted by Gasteiger charge is -2.06. The van der Waals surface area contributed by atoms with Gasteiger partial charge < -0.3 is 10.4 Å². The van der Waals surface area contributed by atoms with Crippen LogP contribution < -0.4 is 5.32 Å². The van der Waals surface area contributed by atoms with Gasteiger partial charge in [0, 0.05) is 20.8 Å². The second-order valence-corrected chi connectivity index (χ2v) is 5.91. The molecule has 2 N–H and O–H groups in total. The second kappa shape index (κ2) is 7.48. The summed E-state index contributed by atoms with van der Waals surface area (Å²) in [7, 11) is 0. The van der Waals surface area contributed by atoms with Crippen molar-refractivity contribution in [1.29, 1.82) is 0 Å². The van der Waals surface area contributed by atoms with E-state index in [9.17, 15) is 4.79 Å². The third-order valence-corrected chi connectivity index (χ3v) is 4.06. The quantitative estimate of drug-likeness (QED) is 0.842. The number of thiophene rings is 1. The van der Waals surface area contributed by atoms with Crippen LogP contribution in [0.3, 0.4) is 0 Å². The normalized spacial score (nSPS) is 9.86.